The van der Waals surface area contributed by atoms with Crippen LogP contribution in [0.15, 0.2) is 87.0 Å². The van der Waals surface area contributed by atoms with Crippen molar-refractivity contribution in [3.8, 4) is 11.5 Å². The third kappa shape index (κ3) is 34.0. The Kier molecular flexibility index (Phi) is 37.5. The molecule has 0 bridgehead atoms. The van der Waals surface area contributed by atoms with Gasteiger partial charge in [0.15, 0.2) is 6.29 Å². The fraction of sp³-hybridized carbons (Fsp3) is 0.621. The van der Waals surface area contributed by atoms with Gasteiger partial charge in [-0.1, -0.05) is 236 Å². The molecule has 1 unspecified atom stereocenters. The van der Waals surface area contributed by atoms with Crippen LogP contribution in [0.25, 0.3) is 12.2 Å². The molecular weight excluding hydrogens is 809 g/mol. The predicted octanol–water partition coefficient (Wildman–Crippen LogP) is 16.9. The number of carbonyl (C=O) groups is 2. The van der Waals surface area contributed by atoms with Gasteiger partial charge in [0.1, 0.15) is 24.7 Å². The van der Waals surface area contributed by atoms with Crippen LogP contribution in [0, 0.1) is 5.41 Å². The lowest BCUT2D eigenvalue weighted by Crippen LogP contribution is -2.34. The standard InChI is InChI=1S/C18H28O4.C12H16O2.2C10H20.C8H8O/c1-3-16(19)21-14-18(15-22-17(20)4-2)12-10-8-6-5-7-9-11-13-18;1-4-11-6-8-12(9-7-11)14-10(3)13-5-2;2*1-2-4-6-8-10-9-7-5-3-1;1-2-7-3-5-8(9)6-4-7/h3-4H,1-2,5-15H2;4,6-10H,1,5H2,2-3H3;2*1-10H2;2-6,9H,1H2. The summed E-state index contributed by atoms with van der Waals surface area (Å²) in [5.41, 5.74) is 1.82. The van der Waals surface area contributed by atoms with Crippen molar-refractivity contribution in [3.05, 3.63) is 98.1 Å². The highest BCUT2D eigenvalue weighted by Gasteiger charge is 2.33. The minimum atomic E-state index is -0.425. The van der Waals surface area contributed by atoms with Crippen LogP contribution < -0.4 is 4.74 Å². The van der Waals surface area contributed by atoms with E-state index >= 15 is 0 Å². The van der Waals surface area contributed by atoms with Gasteiger partial charge in [-0.2, -0.15) is 0 Å². The van der Waals surface area contributed by atoms with E-state index in [9.17, 15) is 9.59 Å². The number of phenolic OH excluding ortho intramolecular Hbond substituents is 1. The maximum atomic E-state index is 11.4. The highest BCUT2D eigenvalue weighted by Crippen LogP contribution is 2.34. The highest BCUT2D eigenvalue weighted by molar-refractivity contribution is 5.81. The van der Waals surface area contributed by atoms with Crippen LogP contribution in [-0.4, -0.2) is 43.2 Å². The number of aromatic hydroxyl groups is 1. The zero-order valence-electron chi connectivity index (χ0n) is 41.4. The predicted molar refractivity (Wildman–Crippen MR) is 275 cm³/mol. The lowest BCUT2D eigenvalue weighted by molar-refractivity contribution is -0.149. The Labute approximate surface area is 397 Å². The third-order valence-corrected chi connectivity index (χ3v) is 12.2. The number of hydrogen-bond donors (Lipinski definition) is 1. The Morgan fingerprint density at radius 2 is 0.815 bits per heavy atom. The van der Waals surface area contributed by atoms with Gasteiger partial charge in [-0.3, -0.25) is 0 Å². The van der Waals surface area contributed by atoms with E-state index in [-0.39, 0.29) is 24.9 Å². The van der Waals surface area contributed by atoms with E-state index in [4.69, 9.17) is 24.1 Å². The summed E-state index contributed by atoms with van der Waals surface area (Å²) in [5.74, 6) is 0.259. The summed E-state index contributed by atoms with van der Waals surface area (Å²) in [6, 6.07) is 14.6. The second-order valence-electron chi connectivity index (χ2n) is 17.9. The van der Waals surface area contributed by atoms with Crippen LogP contribution >= 0.6 is 0 Å². The highest BCUT2D eigenvalue weighted by atomic mass is 16.7. The van der Waals surface area contributed by atoms with Gasteiger partial charge in [-0.15, -0.1) is 0 Å². The van der Waals surface area contributed by atoms with E-state index in [0.717, 1.165) is 42.6 Å². The van der Waals surface area contributed by atoms with E-state index < -0.39 is 11.9 Å². The number of esters is 2. The summed E-state index contributed by atoms with van der Waals surface area (Å²) in [5, 5.41) is 8.82. The zero-order valence-corrected chi connectivity index (χ0v) is 41.4. The van der Waals surface area contributed by atoms with Crippen LogP contribution in [0.2, 0.25) is 0 Å². The largest absolute Gasteiger partial charge is 0.508 e. The average molecular weight is 901 g/mol. The maximum Gasteiger partial charge on any atom is 0.330 e. The Bertz CT molecular complexity index is 1360. The third-order valence-electron chi connectivity index (χ3n) is 12.2. The van der Waals surface area contributed by atoms with Gasteiger partial charge in [0, 0.05) is 24.2 Å². The van der Waals surface area contributed by atoms with E-state index in [2.05, 4.69) is 26.3 Å². The van der Waals surface area contributed by atoms with Crippen LogP contribution in [-0.2, 0) is 23.8 Å². The molecule has 7 heteroatoms. The fourth-order valence-corrected chi connectivity index (χ4v) is 8.19. The van der Waals surface area contributed by atoms with Crippen molar-refractivity contribution in [1.82, 2.24) is 0 Å². The monoisotopic (exact) mass is 901 g/mol. The average Bonchev–Trinajstić information content (AvgIpc) is 3.34. The summed E-state index contributed by atoms with van der Waals surface area (Å²) in [6.45, 7) is 19.2. The molecule has 0 radical (unpaired) electrons. The van der Waals surface area contributed by atoms with Gasteiger partial charge < -0.3 is 24.1 Å². The summed E-state index contributed by atoms with van der Waals surface area (Å²) < 4.78 is 21.3. The number of benzene rings is 2. The molecule has 3 saturated carbocycles. The molecule has 366 valence electrons. The molecule has 0 heterocycles. The Hall–Kier alpha value is -4.10. The molecule has 65 heavy (non-hydrogen) atoms. The van der Waals surface area contributed by atoms with Crippen molar-refractivity contribution < 1.29 is 33.6 Å². The van der Waals surface area contributed by atoms with Crippen molar-refractivity contribution in [2.45, 2.75) is 206 Å². The molecule has 2 aromatic carbocycles. The van der Waals surface area contributed by atoms with Gasteiger partial charge in [-0.25, -0.2) is 9.59 Å². The molecule has 2 aromatic rings. The van der Waals surface area contributed by atoms with Crippen LogP contribution in [0.3, 0.4) is 0 Å². The normalized spacial score (nSPS) is 17.6. The van der Waals surface area contributed by atoms with Crippen molar-refractivity contribution >= 4 is 24.1 Å². The van der Waals surface area contributed by atoms with Crippen LogP contribution in [0.1, 0.15) is 211 Å². The molecule has 0 aromatic heterocycles. The van der Waals surface area contributed by atoms with E-state index in [1.165, 1.54) is 173 Å². The maximum absolute atomic E-state index is 11.4. The first-order chi connectivity index (χ1) is 31.7. The second kappa shape index (κ2) is 41.3. The smallest absolute Gasteiger partial charge is 0.330 e. The minimum Gasteiger partial charge on any atom is -0.508 e. The molecule has 3 aliphatic carbocycles. The van der Waals surface area contributed by atoms with E-state index in [1.54, 1.807) is 24.3 Å². The molecule has 3 aliphatic rings. The number of rotatable bonds is 12. The molecule has 0 saturated heterocycles. The molecule has 1 N–H and O–H groups in total. The molecule has 0 aliphatic heterocycles. The number of ether oxygens (including phenoxy) is 4. The lowest BCUT2D eigenvalue weighted by Gasteiger charge is -2.33. The molecule has 3 fully saturated rings. The van der Waals surface area contributed by atoms with Crippen molar-refractivity contribution in [2.24, 2.45) is 5.41 Å². The first-order valence-electron chi connectivity index (χ1n) is 25.7. The van der Waals surface area contributed by atoms with Gasteiger partial charge in [0.2, 0.25) is 0 Å². The number of carbonyl (C=O) groups excluding carboxylic acids is 2. The molecule has 7 nitrogen and oxygen atoms in total. The van der Waals surface area contributed by atoms with Crippen LogP contribution in [0.4, 0.5) is 0 Å². The van der Waals surface area contributed by atoms with Crippen molar-refractivity contribution in [2.75, 3.05) is 19.8 Å². The first kappa shape index (κ1) is 58.9. The molecule has 0 spiro atoms. The topological polar surface area (TPSA) is 91.3 Å². The number of hydrogen-bond acceptors (Lipinski definition) is 7. The Balaban J connectivity index is 0.000000426. The second-order valence-corrected chi connectivity index (χ2v) is 17.9. The van der Waals surface area contributed by atoms with Gasteiger partial charge in [-0.05, 0) is 62.1 Å². The summed E-state index contributed by atoms with van der Waals surface area (Å²) >= 11 is 0. The lowest BCUT2D eigenvalue weighted by atomic mass is 9.78. The molecule has 5 rings (SSSR count). The first-order valence-corrected chi connectivity index (χ1v) is 25.7. The molecule has 1 atom stereocenters. The van der Waals surface area contributed by atoms with Gasteiger partial charge in [0.25, 0.3) is 0 Å². The van der Waals surface area contributed by atoms with Crippen LogP contribution in [0.5, 0.6) is 11.5 Å². The summed E-state index contributed by atoms with van der Waals surface area (Å²) in [6.07, 6.45) is 45.8. The summed E-state index contributed by atoms with van der Waals surface area (Å²) in [7, 11) is 0. The zero-order chi connectivity index (χ0) is 47.5. The Morgan fingerprint density at radius 1 is 0.523 bits per heavy atom. The molecule has 0 amide bonds. The minimum absolute atomic E-state index is 0.199. The summed E-state index contributed by atoms with van der Waals surface area (Å²) in [4.78, 5) is 22.8. The fourth-order valence-electron chi connectivity index (χ4n) is 8.19. The van der Waals surface area contributed by atoms with E-state index in [0.29, 0.717) is 12.4 Å². The molecular formula is C58H92O7. The Morgan fingerprint density at radius 3 is 1.09 bits per heavy atom. The van der Waals surface area contributed by atoms with Crippen molar-refractivity contribution in [1.29, 1.82) is 0 Å². The SMILES string of the molecule is C1CCCCCCCCC1.C1CCCCCCCCC1.C=CC(=O)OCC1(COC(=O)C=C)CCCCCCCCC1.C=Cc1ccc(O)cc1.C=Cc1ccc(OC(C)OCC)cc1. The van der Waals surface area contributed by atoms with Gasteiger partial charge >= 0.3 is 11.9 Å². The van der Waals surface area contributed by atoms with E-state index in [1.807, 2.05) is 50.2 Å². The van der Waals surface area contributed by atoms with Crippen molar-refractivity contribution in [3.63, 3.8) is 0 Å². The number of phenols is 1. The van der Waals surface area contributed by atoms with Gasteiger partial charge in [0.05, 0.1) is 0 Å². The quantitative estimate of drug-likeness (QED) is 0.129.